The number of nitrogens with zero attached hydrogens (tertiary/aromatic N) is 2. The van der Waals surface area contributed by atoms with Gasteiger partial charge in [-0.2, -0.15) is 0 Å². The summed E-state index contributed by atoms with van der Waals surface area (Å²) in [6.07, 6.45) is 4.53. The molecule has 1 aromatic heterocycles. The Morgan fingerprint density at radius 1 is 1.19 bits per heavy atom. The third kappa shape index (κ3) is 2.35. The van der Waals surface area contributed by atoms with E-state index in [4.69, 9.17) is 0 Å². The lowest BCUT2D eigenvalue weighted by Gasteiger charge is -2.33. The summed E-state index contributed by atoms with van der Waals surface area (Å²) < 4.78 is 0. The van der Waals surface area contributed by atoms with E-state index in [1.807, 2.05) is 26.1 Å². The summed E-state index contributed by atoms with van der Waals surface area (Å²) in [7, 11) is 0. The lowest BCUT2D eigenvalue weighted by atomic mass is 10.2. The Kier molecular flexibility index (Phi) is 3.78. The second kappa shape index (κ2) is 5.30. The number of piperazine rings is 1. The number of anilines is 1. The van der Waals surface area contributed by atoms with Gasteiger partial charge in [-0.1, -0.05) is 19.9 Å². The average Bonchev–Trinajstić information content (AvgIpc) is 2.72. The van der Waals surface area contributed by atoms with Gasteiger partial charge in [0.15, 0.2) is 0 Å². The summed E-state index contributed by atoms with van der Waals surface area (Å²) in [6.45, 7) is 6.24. The largest absolute Gasteiger partial charge is 0.353 e. The smallest absolute Gasteiger partial charge is 0.128 e. The lowest BCUT2D eigenvalue weighted by Crippen LogP contribution is -2.51. The first-order chi connectivity index (χ1) is 7.92. The van der Waals surface area contributed by atoms with Gasteiger partial charge in [-0.25, -0.2) is 4.98 Å². The zero-order valence-corrected chi connectivity index (χ0v) is 10.2. The van der Waals surface area contributed by atoms with Crippen molar-refractivity contribution >= 4 is 5.82 Å². The van der Waals surface area contributed by atoms with Crippen molar-refractivity contribution in [3.63, 3.8) is 0 Å². The van der Waals surface area contributed by atoms with Crippen LogP contribution < -0.4 is 10.2 Å². The van der Waals surface area contributed by atoms with Gasteiger partial charge in [0.25, 0.3) is 0 Å². The Labute approximate surface area is 97.9 Å². The van der Waals surface area contributed by atoms with Crippen molar-refractivity contribution in [2.45, 2.75) is 38.8 Å². The molecule has 1 aromatic rings. The highest BCUT2D eigenvalue weighted by Gasteiger charge is 2.32. The van der Waals surface area contributed by atoms with E-state index in [0.29, 0.717) is 12.1 Å². The van der Waals surface area contributed by atoms with Crippen LogP contribution in [-0.4, -0.2) is 30.2 Å². The van der Waals surface area contributed by atoms with Gasteiger partial charge in [-0.15, -0.1) is 0 Å². The van der Waals surface area contributed by atoms with Gasteiger partial charge in [0.05, 0.1) is 0 Å². The molecule has 0 amide bonds. The Morgan fingerprint density at radius 2 is 1.88 bits per heavy atom. The normalized spacial score (nSPS) is 27.2. The molecule has 0 aliphatic carbocycles. The van der Waals surface area contributed by atoms with Crippen LogP contribution >= 0.6 is 0 Å². The molecule has 88 valence electrons. The number of hydrogen-bond donors (Lipinski definition) is 1. The minimum Gasteiger partial charge on any atom is -0.353 e. The zero-order valence-electron chi connectivity index (χ0n) is 10.2. The molecule has 0 aromatic carbocycles. The Hall–Kier alpha value is -1.09. The SMILES string of the molecule is CC.c1ccc(N2CC3CCC(C2)N3)nc1. The maximum absolute atomic E-state index is 4.40. The average molecular weight is 219 g/mol. The van der Waals surface area contributed by atoms with Crippen LogP contribution in [0.5, 0.6) is 0 Å². The van der Waals surface area contributed by atoms with Crippen LogP contribution in [0, 0.1) is 0 Å². The molecule has 2 unspecified atom stereocenters. The fraction of sp³-hybridized carbons (Fsp3) is 0.615. The van der Waals surface area contributed by atoms with E-state index < -0.39 is 0 Å². The molecule has 3 heterocycles. The first-order valence-corrected chi connectivity index (χ1v) is 6.34. The molecule has 2 bridgehead atoms. The molecule has 16 heavy (non-hydrogen) atoms. The standard InChI is InChI=1S/C11H15N3.C2H6/c1-2-6-12-11(3-1)14-7-9-4-5-10(8-14)13-9;1-2/h1-3,6,9-10,13H,4-5,7-8H2;1-2H3. The topological polar surface area (TPSA) is 28.2 Å². The third-order valence-corrected chi connectivity index (χ3v) is 3.19. The summed E-state index contributed by atoms with van der Waals surface area (Å²) in [5.41, 5.74) is 0. The van der Waals surface area contributed by atoms with Crippen molar-refractivity contribution in [3.8, 4) is 0 Å². The van der Waals surface area contributed by atoms with E-state index in [9.17, 15) is 0 Å². The van der Waals surface area contributed by atoms with E-state index in [0.717, 1.165) is 18.9 Å². The van der Waals surface area contributed by atoms with Crippen LogP contribution in [0.3, 0.4) is 0 Å². The van der Waals surface area contributed by atoms with Crippen LogP contribution in [0.1, 0.15) is 26.7 Å². The van der Waals surface area contributed by atoms with Gasteiger partial charge in [-0.3, -0.25) is 0 Å². The summed E-state index contributed by atoms with van der Waals surface area (Å²) in [6, 6.07) is 7.52. The number of aromatic nitrogens is 1. The van der Waals surface area contributed by atoms with Crippen molar-refractivity contribution in [2.24, 2.45) is 0 Å². The number of nitrogens with one attached hydrogen (secondary N) is 1. The van der Waals surface area contributed by atoms with Crippen LogP contribution in [0.4, 0.5) is 5.82 Å². The molecule has 2 aliphatic rings. The van der Waals surface area contributed by atoms with Crippen molar-refractivity contribution in [1.29, 1.82) is 0 Å². The molecule has 3 rings (SSSR count). The third-order valence-electron chi connectivity index (χ3n) is 3.19. The van der Waals surface area contributed by atoms with Crippen LogP contribution in [0.15, 0.2) is 24.4 Å². The van der Waals surface area contributed by atoms with Gasteiger partial charge in [0.1, 0.15) is 5.82 Å². The van der Waals surface area contributed by atoms with Gasteiger partial charge in [-0.05, 0) is 25.0 Å². The van der Waals surface area contributed by atoms with Gasteiger partial charge in [0.2, 0.25) is 0 Å². The van der Waals surface area contributed by atoms with E-state index in [2.05, 4.69) is 27.3 Å². The monoisotopic (exact) mass is 219 g/mol. The summed E-state index contributed by atoms with van der Waals surface area (Å²) in [5.74, 6) is 1.13. The summed E-state index contributed by atoms with van der Waals surface area (Å²) in [5, 5.41) is 3.62. The molecule has 0 spiro atoms. The zero-order chi connectivity index (χ0) is 11.4. The Morgan fingerprint density at radius 3 is 2.44 bits per heavy atom. The first-order valence-electron chi connectivity index (χ1n) is 6.34. The van der Waals surface area contributed by atoms with E-state index in [1.54, 1.807) is 0 Å². The molecule has 1 N–H and O–H groups in total. The van der Waals surface area contributed by atoms with Crippen molar-refractivity contribution in [3.05, 3.63) is 24.4 Å². The molecule has 2 atom stereocenters. The Balaban J connectivity index is 0.000000457. The van der Waals surface area contributed by atoms with E-state index in [1.165, 1.54) is 12.8 Å². The number of rotatable bonds is 1. The lowest BCUT2D eigenvalue weighted by molar-refractivity contribution is 0.463. The second-order valence-electron chi connectivity index (χ2n) is 4.23. The molecule has 3 nitrogen and oxygen atoms in total. The predicted octanol–water partition coefficient (Wildman–Crippen LogP) is 2.05. The summed E-state index contributed by atoms with van der Waals surface area (Å²) in [4.78, 5) is 6.80. The number of pyridine rings is 1. The van der Waals surface area contributed by atoms with Crippen LogP contribution in [0.2, 0.25) is 0 Å². The van der Waals surface area contributed by atoms with E-state index in [-0.39, 0.29) is 0 Å². The van der Waals surface area contributed by atoms with Gasteiger partial charge < -0.3 is 10.2 Å². The van der Waals surface area contributed by atoms with Crippen LogP contribution in [0.25, 0.3) is 0 Å². The van der Waals surface area contributed by atoms with Crippen molar-refractivity contribution in [2.75, 3.05) is 18.0 Å². The first kappa shape index (κ1) is 11.4. The molecule has 2 saturated heterocycles. The molecule has 0 saturated carbocycles. The van der Waals surface area contributed by atoms with E-state index >= 15 is 0 Å². The molecule has 3 heteroatoms. The quantitative estimate of drug-likeness (QED) is 0.783. The molecular weight excluding hydrogens is 198 g/mol. The predicted molar refractivity (Wildman–Crippen MR) is 67.7 cm³/mol. The van der Waals surface area contributed by atoms with Gasteiger partial charge in [0, 0.05) is 31.4 Å². The fourth-order valence-electron chi connectivity index (χ4n) is 2.52. The summed E-state index contributed by atoms with van der Waals surface area (Å²) >= 11 is 0. The maximum Gasteiger partial charge on any atom is 0.128 e. The minimum absolute atomic E-state index is 0.691. The highest BCUT2D eigenvalue weighted by atomic mass is 15.3. The van der Waals surface area contributed by atoms with Crippen molar-refractivity contribution < 1.29 is 0 Å². The number of fused-ring (bicyclic) bond motifs is 2. The number of hydrogen-bond acceptors (Lipinski definition) is 3. The van der Waals surface area contributed by atoms with Crippen molar-refractivity contribution in [1.82, 2.24) is 10.3 Å². The molecule has 2 fully saturated rings. The highest BCUT2D eigenvalue weighted by molar-refractivity contribution is 5.39. The van der Waals surface area contributed by atoms with Gasteiger partial charge >= 0.3 is 0 Å². The molecule has 2 aliphatic heterocycles. The second-order valence-corrected chi connectivity index (χ2v) is 4.23. The van der Waals surface area contributed by atoms with Crippen LogP contribution in [-0.2, 0) is 0 Å². The molecule has 0 radical (unpaired) electrons. The minimum atomic E-state index is 0.691. The molecular formula is C13H21N3. The Bertz CT molecular complexity index is 300. The maximum atomic E-state index is 4.40. The highest BCUT2D eigenvalue weighted by Crippen LogP contribution is 2.23. The fourth-order valence-corrected chi connectivity index (χ4v) is 2.52.